The molecule has 1 aromatic heterocycles. The van der Waals surface area contributed by atoms with Crippen LogP contribution in [0.3, 0.4) is 0 Å². The third-order valence-corrected chi connectivity index (χ3v) is 4.08. The summed E-state index contributed by atoms with van der Waals surface area (Å²) >= 11 is 0. The lowest BCUT2D eigenvalue weighted by atomic mass is 9.98. The van der Waals surface area contributed by atoms with E-state index >= 15 is 0 Å². The molecule has 1 atom stereocenters. The largest absolute Gasteiger partial charge is 0.481 e. The molecule has 25 heavy (non-hydrogen) atoms. The Balaban J connectivity index is 1.62. The smallest absolute Gasteiger partial charge is 0.319 e. The summed E-state index contributed by atoms with van der Waals surface area (Å²) in [6, 6.07) is 8.72. The highest BCUT2D eigenvalue weighted by Gasteiger charge is 2.17. The number of amides is 3. The van der Waals surface area contributed by atoms with Gasteiger partial charge in [0.1, 0.15) is 0 Å². The Hall–Kier alpha value is -3.09. The van der Waals surface area contributed by atoms with Gasteiger partial charge in [-0.25, -0.2) is 9.78 Å². The normalized spacial score (nSPS) is 14.1. The number of anilines is 2. The minimum atomic E-state index is -0.314. The maximum atomic E-state index is 12.1. The van der Waals surface area contributed by atoms with Gasteiger partial charge in [0.25, 0.3) is 0 Å². The molecule has 1 aliphatic heterocycles. The van der Waals surface area contributed by atoms with Crippen LogP contribution in [0.4, 0.5) is 16.2 Å². The van der Waals surface area contributed by atoms with E-state index in [4.69, 9.17) is 4.74 Å². The summed E-state index contributed by atoms with van der Waals surface area (Å²) in [5.74, 6) is 0.527. The molecule has 1 aromatic carbocycles. The van der Waals surface area contributed by atoms with Crippen molar-refractivity contribution in [3.05, 3.63) is 47.7 Å². The maximum Gasteiger partial charge on any atom is 0.319 e. The van der Waals surface area contributed by atoms with Crippen LogP contribution in [0.2, 0.25) is 0 Å². The minimum absolute atomic E-state index is 0.0407. The van der Waals surface area contributed by atoms with Crippen molar-refractivity contribution in [2.45, 2.75) is 25.8 Å². The first-order valence-electron chi connectivity index (χ1n) is 8.05. The second kappa shape index (κ2) is 7.21. The van der Waals surface area contributed by atoms with Gasteiger partial charge < -0.3 is 20.7 Å². The number of carbonyl (C=O) groups excluding carboxylic acids is 2. The van der Waals surface area contributed by atoms with E-state index in [0.29, 0.717) is 24.4 Å². The van der Waals surface area contributed by atoms with Gasteiger partial charge in [-0.3, -0.25) is 4.79 Å². The van der Waals surface area contributed by atoms with Gasteiger partial charge in [0.05, 0.1) is 25.0 Å². The number of nitrogens with one attached hydrogen (secondary N) is 3. The first-order chi connectivity index (χ1) is 12.0. The number of hydrogen-bond donors (Lipinski definition) is 3. The molecule has 1 unspecified atom stereocenters. The molecule has 7 nitrogen and oxygen atoms in total. The van der Waals surface area contributed by atoms with Crippen LogP contribution in [0, 0.1) is 0 Å². The monoisotopic (exact) mass is 340 g/mol. The van der Waals surface area contributed by atoms with Crippen molar-refractivity contribution < 1.29 is 14.3 Å². The van der Waals surface area contributed by atoms with E-state index in [1.807, 2.05) is 25.1 Å². The summed E-state index contributed by atoms with van der Waals surface area (Å²) in [6.07, 6.45) is 2.74. The zero-order valence-corrected chi connectivity index (χ0v) is 14.1. The molecule has 0 aliphatic carbocycles. The van der Waals surface area contributed by atoms with E-state index in [-0.39, 0.29) is 18.0 Å². The molecule has 130 valence electrons. The predicted molar refractivity (Wildman–Crippen MR) is 94.8 cm³/mol. The van der Waals surface area contributed by atoms with Crippen LogP contribution in [-0.4, -0.2) is 24.0 Å². The van der Waals surface area contributed by atoms with Gasteiger partial charge in [0.15, 0.2) is 0 Å². The van der Waals surface area contributed by atoms with Crippen molar-refractivity contribution in [1.29, 1.82) is 0 Å². The fourth-order valence-electron chi connectivity index (χ4n) is 2.69. The second-order valence-corrected chi connectivity index (χ2v) is 5.87. The molecule has 0 fully saturated rings. The Morgan fingerprint density at radius 1 is 1.28 bits per heavy atom. The summed E-state index contributed by atoms with van der Waals surface area (Å²) in [7, 11) is 1.54. The van der Waals surface area contributed by atoms with Crippen LogP contribution in [0.1, 0.15) is 30.5 Å². The lowest BCUT2D eigenvalue weighted by Gasteiger charge is -2.20. The van der Waals surface area contributed by atoms with Crippen molar-refractivity contribution in [1.82, 2.24) is 10.3 Å². The van der Waals surface area contributed by atoms with E-state index in [9.17, 15) is 9.59 Å². The molecule has 0 saturated carbocycles. The number of benzene rings is 1. The van der Waals surface area contributed by atoms with Crippen LogP contribution in [0.15, 0.2) is 36.5 Å². The van der Waals surface area contributed by atoms with Gasteiger partial charge in [-0.1, -0.05) is 12.1 Å². The van der Waals surface area contributed by atoms with Crippen LogP contribution in [-0.2, 0) is 11.2 Å². The van der Waals surface area contributed by atoms with E-state index in [0.717, 1.165) is 16.8 Å². The quantitative estimate of drug-likeness (QED) is 0.798. The highest BCUT2D eigenvalue weighted by molar-refractivity contribution is 5.94. The predicted octanol–water partition coefficient (Wildman–Crippen LogP) is 2.86. The van der Waals surface area contributed by atoms with Crippen molar-refractivity contribution in [3.63, 3.8) is 0 Å². The molecule has 2 aromatic rings. The van der Waals surface area contributed by atoms with Gasteiger partial charge in [0, 0.05) is 18.2 Å². The highest BCUT2D eigenvalue weighted by Crippen LogP contribution is 2.26. The maximum absolute atomic E-state index is 12.1. The zero-order chi connectivity index (χ0) is 17.8. The Morgan fingerprint density at radius 3 is 2.84 bits per heavy atom. The molecule has 3 N–H and O–H groups in total. The topological polar surface area (TPSA) is 92.4 Å². The SMILES string of the molecule is COc1ccc(NC(=O)NC(C)c2ccc3c(c2)CCC(=O)N3)cn1. The average Bonchev–Trinajstić information content (AvgIpc) is 2.61. The second-order valence-electron chi connectivity index (χ2n) is 5.87. The minimum Gasteiger partial charge on any atom is -0.481 e. The first kappa shape index (κ1) is 16.8. The molecule has 0 saturated heterocycles. The van der Waals surface area contributed by atoms with Crippen molar-refractivity contribution in [2.75, 3.05) is 17.7 Å². The number of hydrogen-bond acceptors (Lipinski definition) is 4. The number of fused-ring (bicyclic) bond motifs is 1. The van der Waals surface area contributed by atoms with E-state index in [1.165, 1.54) is 13.3 Å². The Labute approximate surface area is 145 Å². The van der Waals surface area contributed by atoms with Gasteiger partial charge in [-0.15, -0.1) is 0 Å². The van der Waals surface area contributed by atoms with Crippen LogP contribution in [0.25, 0.3) is 0 Å². The number of carbonyl (C=O) groups is 2. The number of methoxy groups -OCH3 is 1. The summed E-state index contributed by atoms with van der Waals surface area (Å²) < 4.78 is 4.98. The van der Waals surface area contributed by atoms with Gasteiger partial charge >= 0.3 is 6.03 Å². The summed E-state index contributed by atoms with van der Waals surface area (Å²) in [4.78, 5) is 27.6. The first-order valence-corrected chi connectivity index (χ1v) is 8.05. The fraction of sp³-hybridized carbons (Fsp3) is 0.278. The molecule has 2 heterocycles. The average molecular weight is 340 g/mol. The number of pyridine rings is 1. The molecule has 3 amide bonds. The van der Waals surface area contributed by atoms with Gasteiger partial charge in [-0.05, 0) is 36.6 Å². The fourth-order valence-corrected chi connectivity index (χ4v) is 2.69. The number of aromatic nitrogens is 1. The lowest BCUT2D eigenvalue weighted by Crippen LogP contribution is -2.31. The van der Waals surface area contributed by atoms with Gasteiger partial charge in [0.2, 0.25) is 11.8 Å². The lowest BCUT2D eigenvalue weighted by molar-refractivity contribution is -0.116. The molecule has 0 bridgehead atoms. The summed E-state index contributed by atoms with van der Waals surface area (Å²) in [6.45, 7) is 1.91. The third-order valence-electron chi connectivity index (χ3n) is 4.08. The number of aryl methyl sites for hydroxylation is 1. The number of nitrogens with zero attached hydrogens (tertiary/aromatic N) is 1. The van der Waals surface area contributed by atoms with E-state index in [2.05, 4.69) is 20.9 Å². The molecular formula is C18H20N4O3. The standard InChI is InChI=1S/C18H20N4O3/c1-11(12-3-6-15-13(9-12)4-7-16(23)22-15)20-18(24)21-14-5-8-17(25-2)19-10-14/h3,5-6,8-11H,4,7H2,1-2H3,(H,22,23)(H2,20,21,24). The molecule has 0 spiro atoms. The summed E-state index contributed by atoms with van der Waals surface area (Å²) in [5, 5.41) is 8.48. The van der Waals surface area contributed by atoms with Crippen molar-refractivity contribution >= 4 is 23.3 Å². The highest BCUT2D eigenvalue weighted by atomic mass is 16.5. The molecular weight excluding hydrogens is 320 g/mol. The number of urea groups is 1. The molecule has 1 aliphatic rings. The molecule has 0 radical (unpaired) electrons. The number of ether oxygens (including phenoxy) is 1. The van der Waals surface area contributed by atoms with E-state index < -0.39 is 0 Å². The van der Waals surface area contributed by atoms with Crippen LogP contribution < -0.4 is 20.7 Å². The van der Waals surface area contributed by atoms with Crippen LogP contribution >= 0.6 is 0 Å². The zero-order valence-electron chi connectivity index (χ0n) is 14.1. The van der Waals surface area contributed by atoms with Crippen molar-refractivity contribution in [3.8, 4) is 5.88 Å². The molecule has 3 rings (SSSR count). The number of rotatable bonds is 4. The third kappa shape index (κ3) is 4.06. The van der Waals surface area contributed by atoms with Gasteiger partial charge in [-0.2, -0.15) is 0 Å². The Morgan fingerprint density at radius 2 is 2.12 bits per heavy atom. The molecule has 7 heteroatoms. The summed E-state index contributed by atoms with van der Waals surface area (Å²) in [5.41, 5.74) is 3.50. The Kier molecular flexibility index (Phi) is 4.83. The van der Waals surface area contributed by atoms with Crippen molar-refractivity contribution in [2.24, 2.45) is 0 Å². The van der Waals surface area contributed by atoms with Crippen LogP contribution in [0.5, 0.6) is 5.88 Å². The Bertz CT molecular complexity index is 789. The van der Waals surface area contributed by atoms with E-state index in [1.54, 1.807) is 12.1 Å².